The van der Waals surface area contributed by atoms with Gasteiger partial charge < -0.3 is 4.74 Å². The van der Waals surface area contributed by atoms with Crippen LogP contribution in [0.25, 0.3) is 0 Å². The van der Waals surface area contributed by atoms with E-state index in [4.69, 9.17) is 4.74 Å². The van der Waals surface area contributed by atoms with Crippen molar-refractivity contribution in [3.05, 3.63) is 35.4 Å². The first-order valence-corrected chi connectivity index (χ1v) is 8.36. The maximum absolute atomic E-state index is 12.0. The normalized spacial score (nSPS) is 26.2. The first-order chi connectivity index (χ1) is 10.6. The van der Waals surface area contributed by atoms with Gasteiger partial charge in [0.15, 0.2) is 0 Å². The maximum Gasteiger partial charge on any atom is 0.313 e. The van der Waals surface area contributed by atoms with Crippen LogP contribution in [0.4, 0.5) is 0 Å². The Morgan fingerprint density at radius 2 is 1.82 bits per heavy atom. The number of aryl methyl sites for hydroxylation is 2. The molecule has 1 unspecified atom stereocenters. The highest BCUT2D eigenvalue weighted by Gasteiger charge is 2.47. The molecule has 3 rings (SSSR count). The first-order valence-electron chi connectivity index (χ1n) is 8.36. The van der Waals surface area contributed by atoms with Crippen LogP contribution >= 0.6 is 0 Å². The van der Waals surface area contributed by atoms with Gasteiger partial charge in [-0.05, 0) is 44.1 Å². The van der Waals surface area contributed by atoms with Crippen LogP contribution in [-0.4, -0.2) is 17.4 Å². The van der Waals surface area contributed by atoms with E-state index < -0.39 is 5.60 Å². The fraction of sp³-hybridized carbons (Fsp3) is 0.579. The fourth-order valence-corrected chi connectivity index (χ4v) is 3.99. The van der Waals surface area contributed by atoms with Crippen molar-refractivity contribution in [2.45, 2.75) is 63.9 Å². The number of carbonyl (C=O) groups excluding carboxylic acids is 2. The number of ether oxygens (including phenoxy) is 1. The van der Waals surface area contributed by atoms with Gasteiger partial charge in [-0.25, -0.2) is 0 Å². The van der Waals surface area contributed by atoms with Crippen molar-refractivity contribution in [1.82, 2.24) is 0 Å². The highest BCUT2D eigenvalue weighted by atomic mass is 16.6. The third-order valence-corrected chi connectivity index (χ3v) is 5.21. The van der Waals surface area contributed by atoms with Crippen LogP contribution in [-0.2, 0) is 20.7 Å². The average molecular weight is 300 g/mol. The van der Waals surface area contributed by atoms with Gasteiger partial charge in [0.1, 0.15) is 17.8 Å². The molecule has 3 heteroatoms. The zero-order valence-electron chi connectivity index (χ0n) is 13.3. The first kappa shape index (κ1) is 15.3. The van der Waals surface area contributed by atoms with Gasteiger partial charge in [-0.2, -0.15) is 0 Å². The molecule has 0 bridgehead atoms. The van der Waals surface area contributed by atoms with Crippen LogP contribution in [0.2, 0.25) is 0 Å². The predicted octanol–water partition coefficient (Wildman–Crippen LogP) is 3.76. The molecule has 0 radical (unpaired) electrons. The van der Waals surface area contributed by atoms with E-state index in [0.717, 1.165) is 25.7 Å². The van der Waals surface area contributed by atoms with Crippen LogP contribution in [0.5, 0.6) is 0 Å². The van der Waals surface area contributed by atoms with Gasteiger partial charge in [0, 0.05) is 6.42 Å². The van der Waals surface area contributed by atoms with Crippen LogP contribution in [0.15, 0.2) is 24.3 Å². The number of carbonyl (C=O) groups is 2. The minimum atomic E-state index is -0.548. The Balaban J connectivity index is 1.77. The van der Waals surface area contributed by atoms with Crippen molar-refractivity contribution < 1.29 is 14.3 Å². The van der Waals surface area contributed by atoms with Gasteiger partial charge >= 0.3 is 5.97 Å². The van der Waals surface area contributed by atoms with Crippen LogP contribution in [0.3, 0.4) is 0 Å². The van der Waals surface area contributed by atoms with E-state index in [-0.39, 0.29) is 18.2 Å². The van der Waals surface area contributed by atoms with Crippen molar-refractivity contribution in [3.8, 4) is 0 Å². The van der Waals surface area contributed by atoms with Crippen molar-refractivity contribution >= 4 is 11.8 Å². The molecule has 22 heavy (non-hydrogen) atoms. The Morgan fingerprint density at radius 3 is 2.45 bits per heavy atom. The predicted molar refractivity (Wildman–Crippen MR) is 84.5 cm³/mol. The molecule has 1 saturated heterocycles. The molecular formula is C19H24O3. The second-order valence-electron chi connectivity index (χ2n) is 6.90. The molecule has 1 atom stereocenters. The van der Waals surface area contributed by atoms with E-state index in [0.29, 0.717) is 12.3 Å². The monoisotopic (exact) mass is 300 g/mol. The lowest BCUT2D eigenvalue weighted by Gasteiger charge is -2.41. The molecule has 2 aliphatic rings. The van der Waals surface area contributed by atoms with Crippen molar-refractivity contribution in [1.29, 1.82) is 0 Å². The third kappa shape index (κ3) is 3.23. The number of ketones is 1. The largest absolute Gasteiger partial charge is 0.458 e. The molecule has 0 aromatic heterocycles. The minimum Gasteiger partial charge on any atom is -0.458 e. The molecule has 1 aliphatic carbocycles. The van der Waals surface area contributed by atoms with Crippen molar-refractivity contribution in [2.75, 3.05) is 0 Å². The molecule has 3 nitrogen and oxygen atoms in total. The van der Waals surface area contributed by atoms with E-state index in [9.17, 15) is 9.59 Å². The van der Waals surface area contributed by atoms with E-state index in [2.05, 4.69) is 31.2 Å². The summed E-state index contributed by atoms with van der Waals surface area (Å²) in [4.78, 5) is 23.9. The summed E-state index contributed by atoms with van der Waals surface area (Å²) in [5.74, 6) is 0.0743. The number of cyclic esters (lactones) is 1. The minimum absolute atomic E-state index is 0.0427. The van der Waals surface area contributed by atoms with Gasteiger partial charge in [0.2, 0.25) is 0 Å². The Bertz CT molecular complexity index is 537. The number of hydrogen-bond donors (Lipinski definition) is 0. The number of esters is 1. The summed E-state index contributed by atoms with van der Waals surface area (Å²) >= 11 is 0. The SMILES string of the molecule is Cc1ccc(CCC2(C3CCCC3)CC(=O)CC(=O)O2)cc1. The number of benzene rings is 1. The lowest BCUT2D eigenvalue weighted by molar-refractivity contribution is -0.178. The third-order valence-electron chi connectivity index (χ3n) is 5.21. The molecule has 118 valence electrons. The standard InChI is InChI=1S/C19H24O3/c1-14-6-8-15(9-7-14)10-11-19(16-4-2-3-5-16)13-17(20)12-18(21)22-19/h6-9,16H,2-5,10-13H2,1H3. The number of Topliss-reactive ketones (excluding diaryl/α,β-unsaturated/α-hetero) is 1. The fourth-order valence-electron chi connectivity index (χ4n) is 3.99. The van der Waals surface area contributed by atoms with E-state index in [1.165, 1.54) is 24.0 Å². The van der Waals surface area contributed by atoms with E-state index in [1.807, 2.05) is 0 Å². The summed E-state index contributed by atoms with van der Waals surface area (Å²) < 4.78 is 5.81. The summed E-state index contributed by atoms with van der Waals surface area (Å²) in [6, 6.07) is 8.47. The quantitative estimate of drug-likeness (QED) is 0.628. The molecule has 1 saturated carbocycles. The van der Waals surface area contributed by atoms with Gasteiger partial charge in [0.05, 0.1) is 0 Å². The molecule has 0 spiro atoms. The zero-order chi connectivity index (χ0) is 15.6. The Morgan fingerprint density at radius 1 is 1.14 bits per heavy atom. The summed E-state index contributed by atoms with van der Waals surface area (Å²) in [6.07, 6.45) is 6.51. The zero-order valence-corrected chi connectivity index (χ0v) is 13.3. The molecule has 1 aromatic rings. The lowest BCUT2D eigenvalue weighted by atomic mass is 9.76. The second kappa shape index (κ2) is 6.23. The van der Waals surface area contributed by atoms with Gasteiger partial charge in [-0.1, -0.05) is 42.7 Å². The summed E-state index contributed by atoms with van der Waals surface area (Å²) in [6.45, 7) is 2.07. The van der Waals surface area contributed by atoms with E-state index >= 15 is 0 Å². The van der Waals surface area contributed by atoms with Crippen molar-refractivity contribution in [3.63, 3.8) is 0 Å². The summed E-state index contributed by atoms with van der Waals surface area (Å²) in [5.41, 5.74) is 1.94. The van der Waals surface area contributed by atoms with Gasteiger partial charge in [0.25, 0.3) is 0 Å². The molecule has 0 N–H and O–H groups in total. The topological polar surface area (TPSA) is 43.4 Å². The van der Waals surface area contributed by atoms with Crippen LogP contribution < -0.4 is 0 Å². The van der Waals surface area contributed by atoms with Gasteiger partial charge in [-0.15, -0.1) is 0 Å². The molecule has 1 aliphatic heterocycles. The maximum atomic E-state index is 12.0. The number of rotatable bonds is 4. The Kier molecular flexibility index (Phi) is 4.32. The van der Waals surface area contributed by atoms with Gasteiger partial charge in [-0.3, -0.25) is 9.59 Å². The molecule has 0 amide bonds. The molecule has 1 heterocycles. The lowest BCUT2D eigenvalue weighted by Crippen LogP contribution is -2.48. The highest BCUT2D eigenvalue weighted by Crippen LogP contribution is 2.43. The Labute approximate surface area is 132 Å². The second-order valence-corrected chi connectivity index (χ2v) is 6.90. The van der Waals surface area contributed by atoms with Crippen LogP contribution in [0, 0.1) is 12.8 Å². The van der Waals surface area contributed by atoms with E-state index in [1.54, 1.807) is 0 Å². The molecule has 2 fully saturated rings. The van der Waals surface area contributed by atoms with Crippen LogP contribution in [0.1, 0.15) is 56.1 Å². The Hall–Kier alpha value is -1.64. The molecular weight excluding hydrogens is 276 g/mol. The molecule has 1 aromatic carbocycles. The highest BCUT2D eigenvalue weighted by molar-refractivity contribution is 5.98. The smallest absolute Gasteiger partial charge is 0.313 e. The summed E-state index contributed by atoms with van der Waals surface area (Å²) in [7, 11) is 0. The number of hydrogen-bond acceptors (Lipinski definition) is 3. The average Bonchev–Trinajstić information content (AvgIpc) is 3.00. The van der Waals surface area contributed by atoms with Crippen molar-refractivity contribution in [2.24, 2.45) is 5.92 Å². The summed E-state index contributed by atoms with van der Waals surface area (Å²) in [5, 5.41) is 0.